The highest BCUT2D eigenvalue weighted by Gasteiger charge is 2.27. The van der Waals surface area contributed by atoms with Gasteiger partial charge in [-0.25, -0.2) is 0 Å². The van der Waals surface area contributed by atoms with E-state index < -0.39 is 9.04 Å². The molecule has 0 unspecified atom stereocenters. The van der Waals surface area contributed by atoms with Crippen LogP contribution in [0.25, 0.3) is 0 Å². The fourth-order valence-electron chi connectivity index (χ4n) is 2.60. The topological polar surface area (TPSA) is 9.23 Å². The molecule has 0 aliphatic rings. The quantitative estimate of drug-likeness (QED) is 0.560. The molecule has 0 amide bonds. The molecule has 2 atom stereocenters. The highest BCUT2D eigenvalue weighted by molar-refractivity contribution is 6.80. The van der Waals surface area contributed by atoms with Gasteiger partial charge in [0.15, 0.2) is 0 Å². The Balaban J connectivity index is 2.35. The molecule has 0 N–H and O–H groups in total. The molecule has 0 spiro atoms. The number of hydrogen-bond donors (Lipinski definition) is 0. The molecule has 0 saturated heterocycles. The zero-order chi connectivity index (χ0) is 15.9. The van der Waals surface area contributed by atoms with Gasteiger partial charge in [-0.05, 0) is 22.2 Å². The maximum atomic E-state index is 6.67. The van der Waals surface area contributed by atoms with Crippen molar-refractivity contribution in [2.45, 2.75) is 26.9 Å². The molecular weight excluding hydrogens is 284 g/mol. The normalized spacial score (nSPS) is 14.0. The Morgan fingerprint density at radius 3 is 1.68 bits per heavy atom. The Labute approximate surface area is 136 Å². The fraction of sp³-hybridized carbons (Fsp3) is 0.300. The second-order valence-corrected chi connectivity index (χ2v) is 8.03. The SMILES string of the molecule is C=C[C@H](C)[C@H](O[Si](c1ccccc1)c1ccccc1)C(C)C. The fourth-order valence-corrected chi connectivity index (χ4v) is 4.96. The van der Waals surface area contributed by atoms with Crippen LogP contribution < -0.4 is 10.4 Å². The van der Waals surface area contributed by atoms with E-state index in [1.54, 1.807) is 0 Å². The molecule has 0 aliphatic carbocycles. The molecule has 2 rings (SSSR count). The van der Waals surface area contributed by atoms with Crippen LogP contribution in [0.1, 0.15) is 20.8 Å². The van der Waals surface area contributed by atoms with Gasteiger partial charge in [-0.1, -0.05) is 87.5 Å². The third kappa shape index (κ3) is 4.18. The predicted molar refractivity (Wildman–Crippen MR) is 97.0 cm³/mol. The van der Waals surface area contributed by atoms with Gasteiger partial charge in [0.2, 0.25) is 0 Å². The summed E-state index contributed by atoms with van der Waals surface area (Å²) in [5.74, 6) is 0.799. The number of rotatable bonds is 7. The molecule has 1 nitrogen and oxygen atoms in total. The monoisotopic (exact) mass is 309 g/mol. The molecule has 0 fully saturated rings. The number of benzene rings is 2. The van der Waals surface area contributed by atoms with Crippen molar-refractivity contribution < 1.29 is 4.43 Å². The average Bonchev–Trinajstić information content (AvgIpc) is 2.56. The molecule has 22 heavy (non-hydrogen) atoms. The molecule has 2 aromatic rings. The lowest BCUT2D eigenvalue weighted by Crippen LogP contribution is -2.49. The lowest BCUT2D eigenvalue weighted by atomic mass is 9.95. The first-order chi connectivity index (χ1) is 10.6. The van der Waals surface area contributed by atoms with Crippen LogP contribution in [0.2, 0.25) is 0 Å². The highest BCUT2D eigenvalue weighted by atomic mass is 28.3. The lowest BCUT2D eigenvalue weighted by Gasteiger charge is -2.30. The molecule has 0 heterocycles. The van der Waals surface area contributed by atoms with Gasteiger partial charge in [-0.15, -0.1) is 6.58 Å². The summed E-state index contributed by atoms with van der Waals surface area (Å²) in [5.41, 5.74) is 0. The Bertz CT molecular complexity index is 525. The first-order valence-electron chi connectivity index (χ1n) is 7.90. The van der Waals surface area contributed by atoms with Crippen LogP contribution in [-0.2, 0) is 4.43 Å². The summed E-state index contributed by atoms with van der Waals surface area (Å²) >= 11 is 0. The van der Waals surface area contributed by atoms with Gasteiger partial charge in [0.1, 0.15) is 0 Å². The van der Waals surface area contributed by atoms with E-state index in [4.69, 9.17) is 4.43 Å². The van der Waals surface area contributed by atoms with Crippen molar-refractivity contribution in [3.8, 4) is 0 Å². The van der Waals surface area contributed by atoms with Gasteiger partial charge in [-0.2, -0.15) is 0 Å². The zero-order valence-corrected chi connectivity index (χ0v) is 14.7. The van der Waals surface area contributed by atoms with Gasteiger partial charge in [0.05, 0.1) is 6.10 Å². The van der Waals surface area contributed by atoms with Crippen molar-refractivity contribution in [2.75, 3.05) is 0 Å². The maximum absolute atomic E-state index is 6.67. The lowest BCUT2D eigenvalue weighted by molar-refractivity contribution is 0.121. The number of hydrogen-bond acceptors (Lipinski definition) is 1. The van der Waals surface area contributed by atoms with Crippen molar-refractivity contribution in [1.82, 2.24) is 0 Å². The third-order valence-corrected chi connectivity index (χ3v) is 6.10. The molecule has 1 radical (unpaired) electrons. The van der Waals surface area contributed by atoms with Crippen molar-refractivity contribution in [3.05, 3.63) is 73.3 Å². The van der Waals surface area contributed by atoms with E-state index in [-0.39, 0.29) is 6.10 Å². The smallest absolute Gasteiger partial charge is 0.283 e. The van der Waals surface area contributed by atoms with Crippen LogP contribution in [0, 0.1) is 11.8 Å². The van der Waals surface area contributed by atoms with Crippen LogP contribution in [-0.4, -0.2) is 15.1 Å². The van der Waals surface area contributed by atoms with Crippen molar-refractivity contribution in [1.29, 1.82) is 0 Å². The molecule has 115 valence electrons. The van der Waals surface area contributed by atoms with Gasteiger partial charge >= 0.3 is 0 Å². The Morgan fingerprint density at radius 2 is 1.32 bits per heavy atom. The van der Waals surface area contributed by atoms with Gasteiger partial charge < -0.3 is 4.43 Å². The van der Waals surface area contributed by atoms with E-state index in [0.717, 1.165) is 0 Å². The summed E-state index contributed by atoms with van der Waals surface area (Å²) in [4.78, 5) is 0. The summed E-state index contributed by atoms with van der Waals surface area (Å²) in [7, 11) is -1.25. The average molecular weight is 310 g/mol. The molecule has 0 saturated carbocycles. The maximum Gasteiger partial charge on any atom is 0.283 e. The molecule has 0 aromatic heterocycles. The molecule has 0 aliphatic heterocycles. The van der Waals surface area contributed by atoms with E-state index in [1.165, 1.54) is 10.4 Å². The van der Waals surface area contributed by atoms with Crippen LogP contribution in [0.4, 0.5) is 0 Å². The summed E-state index contributed by atoms with van der Waals surface area (Å²) in [6, 6.07) is 21.2. The molecule has 2 heteroatoms. The minimum Gasteiger partial charge on any atom is -0.403 e. The first-order valence-corrected chi connectivity index (χ1v) is 9.31. The summed E-state index contributed by atoms with van der Waals surface area (Å²) in [5, 5.41) is 2.58. The summed E-state index contributed by atoms with van der Waals surface area (Å²) < 4.78 is 6.67. The van der Waals surface area contributed by atoms with Gasteiger partial charge in [0, 0.05) is 0 Å². The second-order valence-electron chi connectivity index (χ2n) is 5.98. The van der Waals surface area contributed by atoms with E-state index >= 15 is 0 Å². The molecule has 0 bridgehead atoms. The van der Waals surface area contributed by atoms with E-state index in [2.05, 4.69) is 88.0 Å². The molecular formula is C20H25OSi. The Morgan fingerprint density at radius 1 is 0.864 bits per heavy atom. The Hall–Kier alpha value is -1.64. The second kappa shape index (κ2) is 8.11. The largest absolute Gasteiger partial charge is 0.403 e. The van der Waals surface area contributed by atoms with E-state index in [9.17, 15) is 0 Å². The zero-order valence-electron chi connectivity index (χ0n) is 13.7. The van der Waals surface area contributed by atoms with Gasteiger partial charge in [-0.3, -0.25) is 0 Å². The minimum atomic E-state index is -1.25. The first kappa shape index (κ1) is 16.7. The van der Waals surface area contributed by atoms with E-state index in [0.29, 0.717) is 11.8 Å². The van der Waals surface area contributed by atoms with Crippen molar-refractivity contribution >= 4 is 19.4 Å². The summed E-state index contributed by atoms with van der Waals surface area (Å²) in [6.07, 6.45) is 2.19. The van der Waals surface area contributed by atoms with Crippen molar-refractivity contribution in [3.63, 3.8) is 0 Å². The molecule has 2 aromatic carbocycles. The van der Waals surface area contributed by atoms with Crippen LogP contribution in [0.5, 0.6) is 0 Å². The summed E-state index contributed by atoms with van der Waals surface area (Å²) in [6.45, 7) is 10.6. The predicted octanol–water partition coefficient (Wildman–Crippen LogP) is 3.66. The minimum absolute atomic E-state index is 0.187. The van der Waals surface area contributed by atoms with Crippen LogP contribution in [0.15, 0.2) is 73.3 Å². The highest BCUT2D eigenvalue weighted by Crippen LogP contribution is 2.18. The third-order valence-electron chi connectivity index (χ3n) is 3.87. The van der Waals surface area contributed by atoms with Crippen molar-refractivity contribution in [2.24, 2.45) is 11.8 Å². The van der Waals surface area contributed by atoms with Gasteiger partial charge in [0.25, 0.3) is 9.04 Å². The van der Waals surface area contributed by atoms with Crippen LogP contribution in [0.3, 0.4) is 0 Å². The van der Waals surface area contributed by atoms with E-state index in [1.807, 2.05) is 6.08 Å². The Kier molecular flexibility index (Phi) is 6.17. The van der Waals surface area contributed by atoms with Crippen LogP contribution >= 0.6 is 0 Å². The standard InChI is InChI=1S/C20H25OSi/c1-5-17(4)20(16(2)3)21-22(18-12-8-6-9-13-18)19-14-10-7-11-15-19/h5-17,20H,1H2,2-4H3/t17-,20+/m0/s1.